The molecule has 1 atom stereocenters. The van der Waals surface area contributed by atoms with Crippen molar-refractivity contribution >= 4 is 29.2 Å². The number of aromatic nitrogens is 1. The predicted molar refractivity (Wildman–Crippen MR) is 81.0 cm³/mol. The van der Waals surface area contributed by atoms with Crippen LogP contribution in [-0.4, -0.2) is 26.0 Å². The number of nitrogens with zero attached hydrogens (tertiary/aromatic N) is 2. The highest BCUT2D eigenvalue weighted by Crippen LogP contribution is 2.36. The maximum absolute atomic E-state index is 12.6. The third-order valence-corrected chi connectivity index (χ3v) is 3.99. The van der Waals surface area contributed by atoms with Gasteiger partial charge in [0.2, 0.25) is 0 Å². The van der Waals surface area contributed by atoms with Crippen molar-refractivity contribution in [2.24, 2.45) is 0 Å². The number of rotatable bonds is 2. The number of hydrogen-bond donors (Lipinski definition) is 0. The second-order valence-electron chi connectivity index (χ2n) is 5.03. The van der Waals surface area contributed by atoms with Crippen molar-refractivity contribution in [1.82, 2.24) is 0 Å². The molecule has 0 saturated carbocycles. The van der Waals surface area contributed by atoms with Gasteiger partial charge in [-0.1, -0.05) is 11.6 Å². The molecule has 1 unspecified atom stereocenters. The minimum absolute atomic E-state index is 0. The molecule has 1 aromatic carbocycles. The van der Waals surface area contributed by atoms with Gasteiger partial charge < -0.3 is 26.6 Å². The average Bonchev–Trinajstić information content (AvgIpc) is 2.78. The van der Waals surface area contributed by atoms with E-state index in [4.69, 9.17) is 16.3 Å². The summed E-state index contributed by atoms with van der Waals surface area (Å²) < 4.78 is 6.44. The maximum Gasteiger partial charge on any atom is 0.343 e. The fraction of sp³-hybridized carbons (Fsp3) is 0.188. The number of anilines is 1. The number of carbonyl (C=O) groups excluding carboxylic acids is 2. The number of ether oxygens (including phenoxy) is 1. The van der Waals surface area contributed by atoms with Gasteiger partial charge in [-0.05, 0) is 24.3 Å². The summed E-state index contributed by atoms with van der Waals surface area (Å²) in [5, 5.41) is 0.576. The van der Waals surface area contributed by atoms with E-state index in [1.807, 2.05) is 6.07 Å². The van der Waals surface area contributed by atoms with Crippen molar-refractivity contribution in [1.29, 1.82) is 0 Å². The Hall–Kier alpha value is -1.92. The third kappa shape index (κ3) is 2.96. The van der Waals surface area contributed by atoms with Crippen LogP contribution in [0, 0.1) is 0 Å². The predicted octanol–water partition coefficient (Wildman–Crippen LogP) is -1.02. The van der Waals surface area contributed by atoms with Crippen molar-refractivity contribution in [2.45, 2.75) is 6.04 Å². The van der Waals surface area contributed by atoms with Crippen LogP contribution in [0.1, 0.15) is 22.0 Å². The maximum atomic E-state index is 12.6. The van der Waals surface area contributed by atoms with Crippen LogP contribution in [0.5, 0.6) is 0 Å². The summed E-state index contributed by atoms with van der Waals surface area (Å²) in [6.45, 7) is 0. The van der Waals surface area contributed by atoms with Gasteiger partial charge in [-0.2, -0.15) is 4.57 Å². The number of halogens is 2. The number of carbonyl (C=O) groups is 2. The molecule has 0 fully saturated rings. The molecule has 0 spiro atoms. The summed E-state index contributed by atoms with van der Waals surface area (Å²) in [4.78, 5) is 25.8. The summed E-state index contributed by atoms with van der Waals surface area (Å²) in [6, 6.07) is 8.20. The molecule has 3 rings (SSSR count). The van der Waals surface area contributed by atoms with Crippen LogP contribution in [-0.2, 0) is 9.53 Å². The van der Waals surface area contributed by atoms with Gasteiger partial charge in [0.25, 0.3) is 6.04 Å². The van der Waals surface area contributed by atoms with E-state index in [0.29, 0.717) is 10.6 Å². The second-order valence-corrected chi connectivity index (χ2v) is 5.47. The molecule has 0 N–H and O–H groups in total. The molecule has 120 valence electrons. The summed E-state index contributed by atoms with van der Waals surface area (Å²) in [5.41, 5.74) is 2.02. The molecule has 23 heavy (non-hydrogen) atoms. The normalized spacial score (nSPS) is 15.9. The van der Waals surface area contributed by atoms with Crippen molar-refractivity contribution in [3.05, 3.63) is 58.9 Å². The lowest BCUT2D eigenvalue weighted by atomic mass is 10.1. The van der Waals surface area contributed by atoms with Crippen LogP contribution < -0.4 is 26.4 Å². The third-order valence-electron chi connectivity index (χ3n) is 3.75. The first kappa shape index (κ1) is 17.4. The molecule has 0 aliphatic carbocycles. The molecule has 1 aliphatic heterocycles. The smallest absolute Gasteiger partial charge is 0.343 e. The molecule has 2 heterocycles. The lowest BCUT2D eigenvalue weighted by Crippen LogP contribution is -3.00. The van der Waals surface area contributed by atoms with E-state index in [1.54, 1.807) is 53.2 Å². The molecule has 0 bridgehead atoms. The Bertz CT molecular complexity index is 782. The number of likely N-dealkylation sites (N-methyl/N-ethyl adjacent to an activating group) is 1. The molecular formula is C16H14BrClN2O3. The quantitative estimate of drug-likeness (QED) is 0.482. The Morgan fingerprint density at radius 1 is 1.35 bits per heavy atom. The minimum Gasteiger partial charge on any atom is -1.00 e. The fourth-order valence-electron chi connectivity index (χ4n) is 2.65. The zero-order valence-electron chi connectivity index (χ0n) is 12.5. The van der Waals surface area contributed by atoms with E-state index in [1.165, 1.54) is 7.11 Å². The molecular weight excluding hydrogens is 384 g/mol. The van der Waals surface area contributed by atoms with Gasteiger partial charge in [-0.25, -0.2) is 4.79 Å². The average molecular weight is 398 g/mol. The molecule has 0 radical (unpaired) electrons. The Morgan fingerprint density at radius 2 is 2.09 bits per heavy atom. The fourth-order valence-corrected chi connectivity index (χ4v) is 2.82. The zero-order valence-corrected chi connectivity index (χ0v) is 14.8. The lowest BCUT2D eigenvalue weighted by Gasteiger charge is -2.08. The van der Waals surface area contributed by atoms with E-state index >= 15 is 0 Å². The topological polar surface area (TPSA) is 50.5 Å². The second kappa shape index (κ2) is 6.68. The van der Waals surface area contributed by atoms with Crippen LogP contribution in [0.2, 0.25) is 5.02 Å². The van der Waals surface area contributed by atoms with Gasteiger partial charge in [-0.3, -0.25) is 4.79 Å². The minimum atomic E-state index is -0.512. The Labute approximate surface area is 149 Å². The monoisotopic (exact) mass is 396 g/mol. The first-order valence-electron chi connectivity index (χ1n) is 6.69. The molecule has 0 saturated heterocycles. The van der Waals surface area contributed by atoms with E-state index in [9.17, 15) is 9.59 Å². The molecule has 5 nitrogen and oxygen atoms in total. The van der Waals surface area contributed by atoms with Crippen LogP contribution >= 0.6 is 11.6 Å². The number of hydrogen-bond acceptors (Lipinski definition) is 3. The van der Waals surface area contributed by atoms with Gasteiger partial charge in [-0.15, -0.1) is 0 Å². The summed E-state index contributed by atoms with van der Waals surface area (Å²) in [5.74, 6) is -0.520. The van der Waals surface area contributed by atoms with Crippen LogP contribution in [0.15, 0.2) is 42.7 Å². The number of pyridine rings is 1. The number of benzene rings is 1. The van der Waals surface area contributed by atoms with Crippen LogP contribution in [0.3, 0.4) is 0 Å². The van der Waals surface area contributed by atoms with Crippen molar-refractivity contribution in [3.8, 4) is 0 Å². The first-order chi connectivity index (χ1) is 10.5. The number of esters is 1. The number of fused-ring (bicyclic) bond motifs is 1. The SMILES string of the molecule is COC(=O)c1ccc[n+](C2C(=O)N(C)c3cc(Cl)ccc32)c1.[Br-]. The zero-order chi connectivity index (χ0) is 15.9. The van der Waals surface area contributed by atoms with E-state index in [0.717, 1.165) is 11.3 Å². The summed E-state index contributed by atoms with van der Waals surface area (Å²) in [7, 11) is 3.04. The van der Waals surface area contributed by atoms with Gasteiger partial charge in [0.15, 0.2) is 12.4 Å². The Kier molecular flexibility index (Phi) is 5.06. The number of methoxy groups -OCH3 is 1. The number of amides is 1. The Balaban J connectivity index is 0.00000192. The lowest BCUT2D eigenvalue weighted by molar-refractivity contribution is -0.699. The largest absolute Gasteiger partial charge is 1.00 e. The molecule has 2 aromatic rings. The van der Waals surface area contributed by atoms with Gasteiger partial charge in [0.05, 0.1) is 18.4 Å². The molecule has 1 aliphatic rings. The Morgan fingerprint density at radius 3 is 2.78 bits per heavy atom. The standard InChI is InChI=1S/C16H14ClN2O3.BrH/c1-18-13-8-11(17)5-6-12(13)14(15(18)20)19-7-3-4-10(9-19)16(21)22-2;/h3-9,14H,1-2H3;1H/q+1;/p-1. The van der Waals surface area contributed by atoms with Crippen molar-refractivity contribution in [2.75, 3.05) is 19.1 Å². The van der Waals surface area contributed by atoms with Crippen LogP contribution in [0.4, 0.5) is 5.69 Å². The highest BCUT2D eigenvalue weighted by atomic mass is 79.9. The molecule has 1 amide bonds. The highest BCUT2D eigenvalue weighted by molar-refractivity contribution is 6.31. The highest BCUT2D eigenvalue weighted by Gasteiger charge is 2.42. The first-order valence-corrected chi connectivity index (χ1v) is 7.07. The van der Waals surface area contributed by atoms with E-state index in [2.05, 4.69) is 0 Å². The summed E-state index contributed by atoms with van der Waals surface area (Å²) >= 11 is 6.01. The van der Waals surface area contributed by atoms with Gasteiger partial charge >= 0.3 is 11.9 Å². The van der Waals surface area contributed by atoms with Crippen molar-refractivity contribution in [3.63, 3.8) is 0 Å². The molecule has 1 aromatic heterocycles. The van der Waals surface area contributed by atoms with Gasteiger partial charge in [0.1, 0.15) is 5.56 Å². The van der Waals surface area contributed by atoms with E-state index < -0.39 is 12.0 Å². The van der Waals surface area contributed by atoms with Crippen molar-refractivity contribution < 1.29 is 35.9 Å². The molecule has 7 heteroatoms. The summed E-state index contributed by atoms with van der Waals surface area (Å²) in [6.07, 6.45) is 3.37. The van der Waals surface area contributed by atoms with Crippen LogP contribution in [0.25, 0.3) is 0 Å². The van der Waals surface area contributed by atoms with E-state index in [-0.39, 0.29) is 22.9 Å². The van der Waals surface area contributed by atoms with Gasteiger partial charge in [0, 0.05) is 18.1 Å².